The largest absolute Gasteiger partial charge is 0.417 e. The summed E-state index contributed by atoms with van der Waals surface area (Å²) in [6, 6.07) is 71.8. The molecule has 0 saturated heterocycles. The number of para-hydroxylation sites is 3. The van der Waals surface area contributed by atoms with Gasteiger partial charge < -0.3 is 9.13 Å². The van der Waals surface area contributed by atoms with Crippen molar-refractivity contribution in [2.75, 3.05) is 0 Å². The molecule has 0 N–H and O–H groups in total. The topological polar surface area (TPSA) is 35.6 Å². The molecule has 4 nitrogen and oxygen atoms in total. The number of alkyl halides is 6. The van der Waals surface area contributed by atoms with E-state index in [1.165, 1.54) is 12.1 Å². The lowest BCUT2D eigenvalue weighted by atomic mass is 9.93. The van der Waals surface area contributed by atoms with Crippen LogP contribution in [0.25, 0.3) is 122 Å². The van der Waals surface area contributed by atoms with Crippen LogP contribution in [0.4, 0.5) is 26.3 Å². The monoisotopic (exact) mass is 1030 g/mol. The summed E-state index contributed by atoms with van der Waals surface area (Å²) in [6.07, 6.45) is -9.15. The molecule has 0 radical (unpaired) electrons. The fraction of sp³-hybridized carbons (Fsp3) is 0.0588. The average molecular weight is 1030 g/mol. The molecule has 0 fully saturated rings. The van der Waals surface area contributed by atoms with Crippen LogP contribution in [0.5, 0.6) is 0 Å². The smallest absolute Gasteiger partial charge is 0.309 e. The Morgan fingerprint density at radius 1 is 0.321 bits per heavy atom. The Labute approximate surface area is 444 Å². The SMILES string of the molecule is Cc1ccc(-c2ccc3c(c2)c2ccccc2n3-c2ccccc2-c2c(-c3cc(-c4ccccc4)nc(-c4ccccc4)n3)cccc2-n2c3ccccc3c3cc(-c4ccc(C)cc4C(F)(F)F)ccc32)c(C(F)(F)F)c1. The zero-order chi connectivity index (χ0) is 53.5. The molecule has 10 heteroatoms. The summed E-state index contributed by atoms with van der Waals surface area (Å²) in [5.41, 5.74) is 10.9. The highest BCUT2D eigenvalue weighted by Crippen LogP contribution is 2.47. The summed E-state index contributed by atoms with van der Waals surface area (Å²) >= 11 is 0. The number of hydrogen-bond donors (Lipinski definition) is 0. The van der Waals surface area contributed by atoms with Crippen LogP contribution < -0.4 is 0 Å². The lowest BCUT2D eigenvalue weighted by molar-refractivity contribution is -0.137. The van der Waals surface area contributed by atoms with Gasteiger partial charge in [-0.25, -0.2) is 9.97 Å². The van der Waals surface area contributed by atoms with Crippen molar-refractivity contribution in [1.29, 1.82) is 0 Å². The fourth-order valence-corrected chi connectivity index (χ4v) is 11.3. The molecule has 0 saturated carbocycles. The summed E-state index contributed by atoms with van der Waals surface area (Å²) in [5.74, 6) is 0.524. The molecule has 0 aliphatic rings. The highest BCUT2D eigenvalue weighted by Gasteiger charge is 2.35. The molecule has 78 heavy (non-hydrogen) atoms. The third-order valence-corrected chi connectivity index (χ3v) is 14.7. The van der Waals surface area contributed by atoms with Gasteiger partial charge in [-0.1, -0.05) is 175 Å². The minimum atomic E-state index is -4.58. The van der Waals surface area contributed by atoms with E-state index >= 15 is 0 Å². The Kier molecular flexibility index (Phi) is 11.5. The van der Waals surface area contributed by atoms with Gasteiger partial charge in [0.1, 0.15) is 0 Å². The van der Waals surface area contributed by atoms with Gasteiger partial charge in [-0.3, -0.25) is 0 Å². The predicted molar refractivity (Wildman–Crippen MR) is 303 cm³/mol. The van der Waals surface area contributed by atoms with E-state index in [1.54, 1.807) is 50.2 Å². The van der Waals surface area contributed by atoms with Crippen LogP contribution in [-0.4, -0.2) is 19.1 Å². The molecule has 3 heterocycles. The van der Waals surface area contributed by atoms with Crippen LogP contribution in [0.1, 0.15) is 22.3 Å². The minimum absolute atomic E-state index is 0.0913. The van der Waals surface area contributed by atoms with Gasteiger partial charge in [0.25, 0.3) is 0 Å². The number of aromatic nitrogens is 4. The molecule has 0 aliphatic heterocycles. The molecule has 0 bridgehead atoms. The van der Waals surface area contributed by atoms with Crippen LogP contribution in [0.3, 0.4) is 0 Å². The molecule has 0 atom stereocenters. The standard InChI is InChI=1S/C68H44F6N4/c1-41-28-32-47(55(36-41)67(69,70)71)45-30-34-62-53(38-45)49-20-9-12-24-59(49)77(62)61-26-14-11-22-52(61)65-51(58-40-57(43-16-5-3-6-17-43)75-66(76-58)44-18-7-4-8-19-44)23-15-27-64(65)78-60-25-13-10-21-50(60)54-39-46(31-35-63(54)78)48-33-29-42(2)37-56(48)68(72,73)74/h3-40H,1-2H3. The lowest BCUT2D eigenvalue weighted by Gasteiger charge is -2.22. The second kappa shape index (κ2) is 18.6. The first-order valence-corrected chi connectivity index (χ1v) is 25.4. The first-order valence-electron chi connectivity index (χ1n) is 25.4. The van der Waals surface area contributed by atoms with E-state index in [0.717, 1.165) is 82.8 Å². The zero-order valence-electron chi connectivity index (χ0n) is 42.0. The van der Waals surface area contributed by atoms with E-state index in [1.807, 2.05) is 158 Å². The highest BCUT2D eigenvalue weighted by molar-refractivity contribution is 6.13. The van der Waals surface area contributed by atoms with Crippen LogP contribution in [-0.2, 0) is 12.4 Å². The Hall–Kier alpha value is -9.54. The predicted octanol–water partition coefficient (Wildman–Crippen LogP) is 19.3. The van der Waals surface area contributed by atoms with Crippen LogP contribution in [0.2, 0.25) is 0 Å². The third kappa shape index (κ3) is 8.28. The first-order chi connectivity index (χ1) is 37.8. The molecule has 0 amide bonds. The van der Waals surface area contributed by atoms with Crippen molar-refractivity contribution in [1.82, 2.24) is 19.1 Å². The summed E-state index contributed by atoms with van der Waals surface area (Å²) in [6.45, 7) is 3.32. The number of halogens is 6. The van der Waals surface area contributed by atoms with E-state index in [4.69, 9.17) is 9.97 Å². The van der Waals surface area contributed by atoms with E-state index in [0.29, 0.717) is 39.5 Å². The molecule has 10 aromatic carbocycles. The van der Waals surface area contributed by atoms with Crippen LogP contribution >= 0.6 is 0 Å². The van der Waals surface area contributed by atoms with Crippen molar-refractivity contribution in [2.45, 2.75) is 26.2 Å². The van der Waals surface area contributed by atoms with Crippen LogP contribution in [0.15, 0.2) is 231 Å². The molecular weight excluding hydrogens is 987 g/mol. The summed E-state index contributed by atoms with van der Waals surface area (Å²) in [4.78, 5) is 10.5. The van der Waals surface area contributed by atoms with Crippen molar-refractivity contribution in [3.63, 3.8) is 0 Å². The summed E-state index contributed by atoms with van der Waals surface area (Å²) in [7, 11) is 0. The van der Waals surface area contributed by atoms with Crippen molar-refractivity contribution in [2.24, 2.45) is 0 Å². The van der Waals surface area contributed by atoms with Crippen LogP contribution in [0, 0.1) is 13.8 Å². The number of benzene rings is 10. The van der Waals surface area contributed by atoms with Gasteiger partial charge in [-0.15, -0.1) is 0 Å². The molecular formula is C68H44F6N4. The second-order valence-electron chi connectivity index (χ2n) is 19.7. The lowest BCUT2D eigenvalue weighted by Crippen LogP contribution is -2.07. The van der Waals surface area contributed by atoms with Gasteiger partial charge in [-0.2, -0.15) is 26.3 Å². The average Bonchev–Trinajstić information content (AvgIpc) is 4.20. The van der Waals surface area contributed by atoms with Gasteiger partial charge in [0, 0.05) is 49.4 Å². The van der Waals surface area contributed by atoms with Crippen molar-refractivity contribution in [3.8, 4) is 78.7 Å². The van der Waals surface area contributed by atoms with E-state index in [9.17, 15) is 26.3 Å². The molecule has 13 aromatic rings. The fourth-order valence-electron chi connectivity index (χ4n) is 11.3. The normalized spacial score (nSPS) is 12.1. The molecule has 0 unspecified atom stereocenters. The summed E-state index contributed by atoms with van der Waals surface area (Å²) < 4.78 is 92.7. The van der Waals surface area contributed by atoms with Crippen molar-refractivity contribution < 1.29 is 26.3 Å². The maximum Gasteiger partial charge on any atom is 0.417 e. The van der Waals surface area contributed by atoms with E-state index in [-0.39, 0.29) is 11.1 Å². The molecule has 378 valence electrons. The number of hydrogen-bond acceptors (Lipinski definition) is 2. The third-order valence-electron chi connectivity index (χ3n) is 14.7. The first kappa shape index (κ1) is 48.1. The van der Waals surface area contributed by atoms with Gasteiger partial charge in [0.2, 0.25) is 0 Å². The Bertz CT molecular complexity index is 4440. The number of aryl methyl sites for hydroxylation is 2. The molecule has 3 aromatic heterocycles. The Morgan fingerprint density at radius 3 is 1.33 bits per heavy atom. The number of rotatable bonds is 8. The highest BCUT2D eigenvalue weighted by atomic mass is 19.4. The molecule has 0 spiro atoms. The van der Waals surface area contributed by atoms with Gasteiger partial charge in [0.15, 0.2) is 5.82 Å². The van der Waals surface area contributed by atoms with Crippen molar-refractivity contribution in [3.05, 3.63) is 253 Å². The number of nitrogens with zero attached hydrogens (tertiary/aromatic N) is 4. The quantitative estimate of drug-likeness (QED) is 0.142. The zero-order valence-corrected chi connectivity index (χ0v) is 42.0. The molecule has 13 rings (SSSR count). The maximum atomic E-state index is 14.7. The van der Waals surface area contributed by atoms with Gasteiger partial charge in [-0.05, 0) is 103 Å². The maximum absolute atomic E-state index is 14.7. The number of fused-ring (bicyclic) bond motifs is 6. The molecule has 0 aliphatic carbocycles. The summed E-state index contributed by atoms with van der Waals surface area (Å²) in [5, 5.41) is 3.24. The van der Waals surface area contributed by atoms with Gasteiger partial charge in [0.05, 0.1) is 56.0 Å². The van der Waals surface area contributed by atoms with E-state index < -0.39 is 23.5 Å². The second-order valence-corrected chi connectivity index (χ2v) is 19.7. The minimum Gasteiger partial charge on any atom is -0.309 e. The Morgan fingerprint density at radius 2 is 0.769 bits per heavy atom. The Balaban J connectivity index is 1.11. The van der Waals surface area contributed by atoms with Gasteiger partial charge >= 0.3 is 12.4 Å². The van der Waals surface area contributed by atoms with E-state index in [2.05, 4.69) is 33.4 Å². The van der Waals surface area contributed by atoms with Crippen molar-refractivity contribution >= 4 is 43.6 Å².